The molecule has 3 amide bonds. The average Bonchev–Trinajstić information content (AvgIpc) is 4.09. The quantitative estimate of drug-likeness (QED) is 0.151. The molecule has 380 valence electrons. The molecule has 5 aliphatic rings. The van der Waals surface area contributed by atoms with E-state index in [0.29, 0.717) is 12.5 Å². The molecular weight excluding hydrogens is 991 g/mol. The molecule has 4 aromatic rings. The Morgan fingerprint density at radius 1 is 0.809 bits per heavy atom. The number of amides is 3. The number of imidazole rings is 2. The number of nitrogens with one attached hydrogen (secondary N) is 3. The Morgan fingerprint density at radius 2 is 1.50 bits per heavy atom. The van der Waals surface area contributed by atoms with Gasteiger partial charge >= 0.3 is 6.09 Å². The lowest BCUT2D eigenvalue weighted by Gasteiger charge is -2.36. The van der Waals surface area contributed by atoms with Gasteiger partial charge in [0.05, 0.1) is 43.4 Å². The number of likely N-dealkylation sites (tertiary alicyclic amines) is 2. The van der Waals surface area contributed by atoms with E-state index in [0.717, 1.165) is 122 Å². The number of aryl methyl sites for hydroxylation is 2. The van der Waals surface area contributed by atoms with E-state index in [-0.39, 0.29) is 148 Å². The number of ether oxygens (including phenoxy) is 2. The number of carbonyl (C=O) groups excluding carboxylic acids is 3. The van der Waals surface area contributed by atoms with Crippen LogP contribution in [-0.2, 0) is 31.9 Å². The summed E-state index contributed by atoms with van der Waals surface area (Å²) in [5, 5.41) is 2.83. The van der Waals surface area contributed by atoms with Crippen molar-refractivity contribution in [3.05, 3.63) is 71.6 Å². The smallest absolute Gasteiger partial charge is 0.407 e. The SMILES string of the molecule is COC(=O)N[C@H](C(=O)N1[C@H](c2nc3c([nH]2)CCc2cc(-c4ccc(-c5cnc([C@@H]6C[C@@]7(CCCOC7)CN6C(=O)[C@@H](C)C(C)C)[nH]5)cc4)ccc2-3)C[C@@H]2CCCC[C@@H]21)C(C)C.S.S.S.S.S.S.S. The highest BCUT2D eigenvalue weighted by Crippen LogP contribution is 2.49. The van der Waals surface area contributed by atoms with Gasteiger partial charge in [-0.25, -0.2) is 14.8 Å². The van der Waals surface area contributed by atoms with Crippen molar-refractivity contribution in [3.63, 3.8) is 0 Å². The second kappa shape index (κ2) is 25.7. The first-order valence-corrected chi connectivity index (χ1v) is 22.9. The molecule has 3 aliphatic heterocycles. The van der Waals surface area contributed by atoms with Crippen LogP contribution in [0.3, 0.4) is 0 Å². The van der Waals surface area contributed by atoms with Crippen LogP contribution in [0.15, 0.2) is 48.7 Å². The minimum Gasteiger partial charge on any atom is -0.453 e. The van der Waals surface area contributed by atoms with Gasteiger partial charge in [-0.2, -0.15) is 94.5 Å². The molecule has 19 heteroatoms. The molecule has 12 nitrogen and oxygen atoms in total. The van der Waals surface area contributed by atoms with Crippen molar-refractivity contribution >= 4 is 112 Å². The maximum atomic E-state index is 14.4. The van der Waals surface area contributed by atoms with Crippen LogP contribution in [0.25, 0.3) is 33.6 Å². The van der Waals surface area contributed by atoms with Gasteiger partial charge in [0, 0.05) is 41.8 Å². The first-order valence-electron chi connectivity index (χ1n) is 22.9. The van der Waals surface area contributed by atoms with E-state index in [1.54, 1.807) is 0 Å². The number of fused-ring (bicyclic) bond motifs is 4. The number of nitrogens with zero attached hydrogens (tertiary/aromatic N) is 4. The van der Waals surface area contributed by atoms with E-state index in [4.69, 9.17) is 19.4 Å². The molecule has 9 rings (SSSR count). The topological polar surface area (TPSA) is 146 Å². The molecule has 3 saturated heterocycles. The molecule has 1 saturated carbocycles. The Hall–Kier alpha value is -2.52. The number of hydrogen-bond acceptors (Lipinski definition) is 7. The minimum absolute atomic E-state index is 0. The Labute approximate surface area is 452 Å². The van der Waals surface area contributed by atoms with Gasteiger partial charge in [0.25, 0.3) is 0 Å². The highest BCUT2D eigenvalue weighted by Gasteiger charge is 2.50. The van der Waals surface area contributed by atoms with Crippen LogP contribution in [0.4, 0.5) is 4.79 Å². The van der Waals surface area contributed by atoms with E-state index < -0.39 is 12.1 Å². The van der Waals surface area contributed by atoms with Crippen LogP contribution in [0.1, 0.15) is 121 Å². The highest BCUT2D eigenvalue weighted by molar-refractivity contribution is 7.60. The van der Waals surface area contributed by atoms with Crippen LogP contribution in [-0.4, -0.2) is 86.6 Å². The molecule has 2 aromatic carbocycles. The van der Waals surface area contributed by atoms with Crippen molar-refractivity contribution in [2.24, 2.45) is 29.1 Å². The van der Waals surface area contributed by atoms with E-state index in [2.05, 4.69) is 81.4 Å². The molecular formula is C49H77N7O5S7. The number of rotatable bonds is 9. The third-order valence-corrected chi connectivity index (χ3v) is 14.9. The summed E-state index contributed by atoms with van der Waals surface area (Å²) in [5.74, 6) is 2.39. The Balaban J connectivity index is 0.00000227. The zero-order valence-electron chi connectivity index (χ0n) is 40.3. The fourth-order valence-corrected chi connectivity index (χ4v) is 11.1. The van der Waals surface area contributed by atoms with Gasteiger partial charge in [0.15, 0.2) is 0 Å². The number of aromatic nitrogens is 4. The van der Waals surface area contributed by atoms with Gasteiger partial charge in [-0.05, 0) is 91.4 Å². The number of hydrogen-bond donors (Lipinski definition) is 3. The predicted molar refractivity (Wildman–Crippen MR) is 307 cm³/mol. The molecule has 2 aromatic heterocycles. The summed E-state index contributed by atoms with van der Waals surface area (Å²) in [6.45, 7) is 12.4. The van der Waals surface area contributed by atoms with Crippen LogP contribution in [0.5, 0.6) is 0 Å². The lowest BCUT2D eigenvalue weighted by molar-refractivity contribution is -0.139. The van der Waals surface area contributed by atoms with Crippen molar-refractivity contribution in [1.82, 2.24) is 35.1 Å². The van der Waals surface area contributed by atoms with Gasteiger partial charge in [0.2, 0.25) is 11.8 Å². The van der Waals surface area contributed by atoms with E-state index in [1.165, 1.54) is 19.1 Å². The minimum atomic E-state index is -0.673. The van der Waals surface area contributed by atoms with Crippen molar-refractivity contribution in [2.75, 3.05) is 26.9 Å². The molecule has 2 aliphatic carbocycles. The fourth-order valence-electron chi connectivity index (χ4n) is 11.1. The summed E-state index contributed by atoms with van der Waals surface area (Å²) < 4.78 is 10.9. The lowest BCUT2D eigenvalue weighted by atomic mass is 9.80. The molecule has 4 fully saturated rings. The van der Waals surface area contributed by atoms with Crippen LogP contribution >= 0.6 is 94.5 Å². The average molecular weight is 1070 g/mol. The monoisotopic (exact) mass is 1070 g/mol. The summed E-state index contributed by atoms with van der Waals surface area (Å²) in [4.78, 5) is 62.1. The molecule has 0 bridgehead atoms. The zero-order chi connectivity index (χ0) is 42.6. The van der Waals surface area contributed by atoms with Gasteiger partial charge in [0.1, 0.15) is 17.7 Å². The number of H-pyrrole nitrogens is 2. The Morgan fingerprint density at radius 3 is 2.16 bits per heavy atom. The maximum Gasteiger partial charge on any atom is 0.407 e. The molecule has 0 unspecified atom stereocenters. The summed E-state index contributed by atoms with van der Waals surface area (Å²) in [6.07, 6.45) is 11.3. The summed E-state index contributed by atoms with van der Waals surface area (Å²) >= 11 is 0. The molecule has 7 atom stereocenters. The molecule has 5 heterocycles. The first-order chi connectivity index (χ1) is 29.4. The van der Waals surface area contributed by atoms with Gasteiger partial charge in [-0.1, -0.05) is 89.9 Å². The third-order valence-electron chi connectivity index (χ3n) is 14.9. The third kappa shape index (κ3) is 12.0. The molecule has 0 radical (unpaired) electrons. The Kier molecular flexibility index (Phi) is 23.3. The number of benzene rings is 2. The van der Waals surface area contributed by atoms with E-state index >= 15 is 0 Å². The lowest BCUT2D eigenvalue weighted by Crippen LogP contribution is -2.53. The molecule has 3 N–H and O–H groups in total. The summed E-state index contributed by atoms with van der Waals surface area (Å²) in [7, 11) is 1.33. The van der Waals surface area contributed by atoms with Crippen molar-refractivity contribution in [3.8, 4) is 33.6 Å². The van der Waals surface area contributed by atoms with Crippen molar-refractivity contribution in [1.29, 1.82) is 0 Å². The van der Waals surface area contributed by atoms with Gasteiger partial charge in [-0.15, -0.1) is 0 Å². The number of aromatic amines is 2. The normalized spacial score (nSPS) is 23.0. The van der Waals surface area contributed by atoms with Gasteiger partial charge < -0.3 is 34.6 Å². The Bertz CT molecular complexity index is 2290. The summed E-state index contributed by atoms with van der Waals surface area (Å²) in [6, 6.07) is 14.5. The number of carbonyl (C=O) groups is 3. The maximum absolute atomic E-state index is 14.4. The predicted octanol–water partition coefficient (Wildman–Crippen LogP) is 9.60. The van der Waals surface area contributed by atoms with E-state index in [1.807, 2.05) is 27.0 Å². The van der Waals surface area contributed by atoms with Crippen LogP contribution in [0.2, 0.25) is 0 Å². The number of methoxy groups -OCH3 is 1. The largest absolute Gasteiger partial charge is 0.453 e. The molecule has 68 heavy (non-hydrogen) atoms. The van der Waals surface area contributed by atoms with Crippen LogP contribution < -0.4 is 5.32 Å². The van der Waals surface area contributed by atoms with Crippen molar-refractivity contribution in [2.45, 2.75) is 123 Å². The van der Waals surface area contributed by atoms with Crippen molar-refractivity contribution < 1.29 is 23.9 Å². The van der Waals surface area contributed by atoms with Gasteiger partial charge in [-0.3, -0.25) is 9.59 Å². The number of alkyl carbamates (subject to hydrolysis) is 1. The zero-order valence-corrected chi connectivity index (χ0v) is 47.3. The molecule has 1 spiro atoms. The van der Waals surface area contributed by atoms with Crippen LogP contribution in [0, 0.1) is 29.1 Å². The second-order valence-corrected chi connectivity index (χ2v) is 19.4. The van der Waals surface area contributed by atoms with E-state index in [9.17, 15) is 14.4 Å². The second-order valence-electron chi connectivity index (χ2n) is 19.4. The summed E-state index contributed by atoms with van der Waals surface area (Å²) in [5.41, 5.74) is 8.78. The highest BCUT2D eigenvalue weighted by atomic mass is 32.1. The standard InChI is InChI=1S/C49H63N7O5.7H2S/c1-28(2)30(5)46(57)55-26-49(20-9-21-61-27-49)24-41(55)44-50-25-38(52-44)32-14-12-31(13-15-32)33-16-18-36-34(22-33)17-19-37-43(36)53-45(51-37)40-23-35-10-7-8-11-39(35)56(40)47(58)42(29(3)4)54-48(59)60-6;;;;;;;/h12-16,18,22,25,28-30,35,39-42H,7-11,17,19-21,23-24,26-27H2,1-6H3,(H,50,52)(H,51,53)(H,54,59);7*1H2/t30-,35-,39-,40-,41-,42-,49-;;;;;;;/m0......./s1. The fraction of sp³-hybridized carbons (Fsp3) is 0.571. The first kappa shape index (κ1) is 61.6.